The van der Waals surface area contributed by atoms with Crippen LogP contribution in [0.1, 0.15) is 21.6 Å². The fourth-order valence-electron chi connectivity index (χ4n) is 2.51. The molecule has 0 aliphatic rings. The summed E-state index contributed by atoms with van der Waals surface area (Å²) >= 11 is 0. The summed E-state index contributed by atoms with van der Waals surface area (Å²) in [5.74, 6) is -0.522. The van der Waals surface area contributed by atoms with E-state index in [1.165, 1.54) is 60.7 Å². The van der Waals surface area contributed by atoms with Gasteiger partial charge in [-0.25, -0.2) is 9.59 Å². The number of nitro groups is 2. The number of carbonyl (C=O) groups excluding carboxylic acids is 1. The van der Waals surface area contributed by atoms with Crippen molar-refractivity contribution >= 4 is 29.5 Å². The third kappa shape index (κ3) is 4.95. The van der Waals surface area contributed by atoms with Crippen LogP contribution >= 0.6 is 0 Å². The van der Waals surface area contributed by atoms with Crippen molar-refractivity contribution in [1.29, 1.82) is 0 Å². The lowest BCUT2D eigenvalue weighted by molar-refractivity contribution is -0.386. The third-order valence-corrected chi connectivity index (χ3v) is 3.97. The molecule has 1 aromatic heterocycles. The first kappa shape index (κ1) is 20.9. The second-order valence-electron chi connectivity index (χ2n) is 6.02. The molecule has 2 aromatic carbocycles. The molecule has 3 aromatic rings. The molecule has 31 heavy (non-hydrogen) atoms. The molecule has 0 saturated heterocycles. The Kier molecular flexibility index (Phi) is 5.82. The van der Waals surface area contributed by atoms with Crippen LogP contribution in [0.25, 0.3) is 12.2 Å². The minimum atomic E-state index is -1.12. The molecule has 0 aliphatic carbocycles. The van der Waals surface area contributed by atoms with Gasteiger partial charge in [-0.05, 0) is 35.9 Å². The molecule has 0 unspecified atom stereocenters. The molecule has 1 heterocycles. The van der Waals surface area contributed by atoms with Crippen LogP contribution in [0.4, 0.5) is 11.4 Å². The maximum absolute atomic E-state index is 12.1. The van der Waals surface area contributed by atoms with E-state index in [4.69, 9.17) is 4.74 Å². The Labute approximate surface area is 171 Å². The number of nitrogens with zero attached hydrogens (tertiary/aromatic N) is 2. The van der Waals surface area contributed by atoms with Gasteiger partial charge >= 0.3 is 22.9 Å². The highest BCUT2D eigenvalue weighted by Gasteiger charge is 2.18. The zero-order chi connectivity index (χ0) is 22.5. The molecule has 3 rings (SSSR count). The van der Waals surface area contributed by atoms with E-state index in [-0.39, 0.29) is 22.7 Å². The van der Waals surface area contributed by atoms with E-state index in [0.717, 1.165) is 0 Å². The van der Waals surface area contributed by atoms with Crippen LogP contribution in [0.2, 0.25) is 0 Å². The van der Waals surface area contributed by atoms with Crippen LogP contribution in [-0.4, -0.2) is 25.8 Å². The number of rotatable bonds is 6. The van der Waals surface area contributed by atoms with Crippen molar-refractivity contribution in [1.82, 2.24) is 9.97 Å². The Morgan fingerprint density at radius 3 is 2.10 bits per heavy atom. The molecule has 0 saturated carbocycles. The number of H-pyrrole nitrogens is 2. The molecule has 0 amide bonds. The number of ether oxygens (including phenoxy) is 1. The number of aromatic nitrogens is 2. The Balaban J connectivity index is 1.74. The van der Waals surface area contributed by atoms with Crippen LogP contribution in [0.5, 0.6) is 5.75 Å². The van der Waals surface area contributed by atoms with Crippen molar-refractivity contribution in [3.8, 4) is 5.75 Å². The number of esters is 1. The van der Waals surface area contributed by atoms with Gasteiger partial charge in [-0.15, -0.1) is 0 Å². The molecule has 156 valence electrons. The standard InChI is InChI=1S/C19H12N4O8/c24-17-16(23(29)30)15(20-19(26)21-17)10-3-11-1-8-14(9-2-11)31-18(25)12-4-6-13(7-5-12)22(27)28/h1-10H,(H2,20,21,24,26)/b10-3+. The van der Waals surface area contributed by atoms with Crippen molar-refractivity contribution in [3.05, 3.63) is 106 Å². The zero-order valence-electron chi connectivity index (χ0n) is 15.4. The first-order valence-electron chi connectivity index (χ1n) is 8.50. The minimum absolute atomic E-state index is 0.125. The van der Waals surface area contributed by atoms with E-state index in [1.807, 2.05) is 0 Å². The molecule has 12 heteroatoms. The smallest absolute Gasteiger partial charge is 0.357 e. The van der Waals surface area contributed by atoms with Crippen molar-refractivity contribution in [2.45, 2.75) is 0 Å². The molecule has 0 radical (unpaired) electrons. The summed E-state index contributed by atoms with van der Waals surface area (Å²) in [6.45, 7) is 0. The lowest BCUT2D eigenvalue weighted by atomic mass is 10.2. The Morgan fingerprint density at radius 1 is 0.871 bits per heavy atom. The fourth-order valence-corrected chi connectivity index (χ4v) is 2.51. The monoisotopic (exact) mass is 424 g/mol. The fraction of sp³-hybridized carbons (Fsp3) is 0. The number of nitrogens with one attached hydrogen (secondary N) is 2. The quantitative estimate of drug-likeness (QED) is 0.262. The maximum Gasteiger partial charge on any atom is 0.357 e. The first-order valence-corrected chi connectivity index (χ1v) is 8.50. The maximum atomic E-state index is 12.1. The van der Waals surface area contributed by atoms with E-state index < -0.39 is 32.8 Å². The molecule has 0 spiro atoms. The molecular weight excluding hydrogens is 412 g/mol. The predicted molar refractivity (Wildman–Crippen MR) is 108 cm³/mol. The molecular formula is C19H12N4O8. The number of hydrogen-bond acceptors (Lipinski definition) is 8. The molecule has 0 aliphatic heterocycles. The van der Waals surface area contributed by atoms with Gasteiger partial charge in [0, 0.05) is 12.1 Å². The van der Waals surface area contributed by atoms with Crippen LogP contribution in [0, 0.1) is 20.2 Å². The highest BCUT2D eigenvalue weighted by atomic mass is 16.6. The van der Waals surface area contributed by atoms with Gasteiger partial charge < -0.3 is 9.72 Å². The summed E-state index contributed by atoms with van der Waals surface area (Å²) < 4.78 is 5.19. The number of benzene rings is 2. The molecule has 2 N–H and O–H groups in total. The van der Waals surface area contributed by atoms with Gasteiger partial charge in [0.05, 0.1) is 15.4 Å². The van der Waals surface area contributed by atoms with Crippen molar-refractivity contribution in [3.63, 3.8) is 0 Å². The van der Waals surface area contributed by atoms with Crippen molar-refractivity contribution in [2.75, 3.05) is 0 Å². The normalized spacial score (nSPS) is 10.7. The van der Waals surface area contributed by atoms with Gasteiger partial charge in [-0.3, -0.25) is 30.0 Å². The minimum Gasteiger partial charge on any atom is -0.423 e. The number of nitro benzene ring substituents is 1. The molecule has 0 fully saturated rings. The number of carbonyl (C=O) groups is 1. The number of aromatic amines is 2. The lowest BCUT2D eigenvalue weighted by Gasteiger charge is -2.04. The van der Waals surface area contributed by atoms with Gasteiger partial charge in [0.25, 0.3) is 5.69 Å². The summed E-state index contributed by atoms with van der Waals surface area (Å²) in [5, 5.41) is 21.7. The summed E-state index contributed by atoms with van der Waals surface area (Å²) in [4.78, 5) is 59.2. The van der Waals surface area contributed by atoms with Crippen LogP contribution in [-0.2, 0) is 0 Å². The van der Waals surface area contributed by atoms with Gasteiger partial charge in [0.1, 0.15) is 11.4 Å². The van der Waals surface area contributed by atoms with E-state index in [1.54, 1.807) is 4.98 Å². The summed E-state index contributed by atoms with van der Waals surface area (Å²) in [5.41, 5.74) is -2.58. The van der Waals surface area contributed by atoms with Gasteiger partial charge in [0.15, 0.2) is 0 Å². The second kappa shape index (κ2) is 8.65. The van der Waals surface area contributed by atoms with Crippen LogP contribution in [0.3, 0.4) is 0 Å². The summed E-state index contributed by atoms with van der Waals surface area (Å²) in [6, 6.07) is 10.9. The summed E-state index contributed by atoms with van der Waals surface area (Å²) in [7, 11) is 0. The van der Waals surface area contributed by atoms with Crippen molar-refractivity contribution in [2.24, 2.45) is 0 Å². The first-order chi connectivity index (χ1) is 14.7. The molecule has 12 nitrogen and oxygen atoms in total. The lowest BCUT2D eigenvalue weighted by Crippen LogP contribution is -2.25. The average molecular weight is 424 g/mol. The second-order valence-corrected chi connectivity index (χ2v) is 6.02. The molecule has 0 bridgehead atoms. The average Bonchev–Trinajstić information content (AvgIpc) is 2.72. The Hall–Kier alpha value is -4.87. The largest absolute Gasteiger partial charge is 0.423 e. The zero-order valence-corrected chi connectivity index (χ0v) is 15.4. The van der Waals surface area contributed by atoms with Gasteiger partial charge in [-0.1, -0.05) is 18.2 Å². The van der Waals surface area contributed by atoms with Crippen LogP contribution < -0.4 is 16.0 Å². The number of hydrogen-bond donors (Lipinski definition) is 2. The number of non-ortho nitro benzene ring substituents is 1. The SMILES string of the molecule is O=C(Oc1ccc(/C=C/c2[nH]c(=O)[nH]c(=O)c2[N+](=O)[O-])cc1)c1ccc([N+](=O)[O-])cc1. The highest BCUT2D eigenvalue weighted by Crippen LogP contribution is 2.18. The predicted octanol–water partition coefficient (Wildman–Crippen LogP) is 2.27. The van der Waals surface area contributed by atoms with Crippen LogP contribution in [0.15, 0.2) is 58.1 Å². The van der Waals surface area contributed by atoms with E-state index in [9.17, 15) is 34.6 Å². The Morgan fingerprint density at radius 2 is 1.52 bits per heavy atom. The van der Waals surface area contributed by atoms with Gasteiger partial charge in [0.2, 0.25) is 0 Å². The molecule has 0 atom stereocenters. The Bertz CT molecular complexity index is 1300. The topological polar surface area (TPSA) is 178 Å². The third-order valence-electron chi connectivity index (χ3n) is 3.97. The van der Waals surface area contributed by atoms with E-state index >= 15 is 0 Å². The van der Waals surface area contributed by atoms with E-state index in [2.05, 4.69) is 4.98 Å². The van der Waals surface area contributed by atoms with E-state index in [0.29, 0.717) is 5.56 Å². The summed E-state index contributed by atoms with van der Waals surface area (Å²) in [6.07, 6.45) is 2.62. The highest BCUT2D eigenvalue weighted by molar-refractivity contribution is 5.91. The van der Waals surface area contributed by atoms with Gasteiger partial charge in [-0.2, -0.15) is 0 Å². The van der Waals surface area contributed by atoms with Crippen molar-refractivity contribution < 1.29 is 19.4 Å².